The van der Waals surface area contributed by atoms with Crippen LogP contribution in [0.1, 0.15) is 11.1 Å². The van der Waals surface area contributed by atoms with E-state index in [0.717, 1.165) is 39.5 Å². The standard InChI is InChI=1S/C22H17FN6/c1-13-9-14(4-5-18(13)23)10-26-22-27-11-17-15-6-8-24-12-19(15)28-21-16(20(17)29-22)3-2-7-25-21/h2-9,11-12H,10H2,1H3,(H,25,28)(H,26,27,29). The third-order valence-corrected chi connectivity index (χ3v) is 4.89. The molecule has 0 saturated carbocycles. The number of nitrogens with zero attached hydrogens (tertiary/aromatic N) is 4. The minimum Gasteiger partial charge on any atom is -0.350 e. The van der Waals surface area contributed by atoms with E-state index in [1.165, 1.54) is 6.07 Å². The first-order valence-corrected chi connectivity index (χ1v) is 9.22. The van der Waals surface area contributed by atoms with Gasteiger partial charge in [0.25, 0.3) is 0 Å². The fourth-order valence-corrected chi connectivity index (χ4v) is 3.42. The average molecular weight is 384 g/mol. The van der Waals surface area contributed by atoms with Gasteiger partial charge in [-0.3, -0.25) is 4.98 Å². The molecule has 0 radical (unpaired) electrons. The molecule has 4 heterocycles. The quantitative estimate of drug-likeness (QED) is 0.469. The maximum absolute atomic E-state index is 13.5. The molecule has 29 heavy (non-hydrogen) atoms. The molecular formula is C22H17FN6. The van der Waals surface area contributed by atoms with Crippen LogP contribution >= 0.6 is 0 Å². The maximum atomic E-state index is 13.5. The Bertz CT molecular complexity index is 1220. The second kappa shape index (κ2) is 6.94. The molecular weight excluding hydrogens is 367 g/mol. The largest absolute Gasteiger partial charge is 0.350 e. The van der Waals surface area contributed by atoms with Gasteiger partial charge in [-0.1, -0.05) is 12.1 Å². The predicted octanol–water partition coefficient (Wildman–Crippen LogP) is 4.72. The summed E-state index contributed by atoms with van der Waals surface area (Å²) in [6.45, 7) is 2.25. The van der Waals surface area contributed by atoms with Crippen LogP contribution < -0.4 is 10.6 Å². The number of halogens is 1. The van der Waals surface area contributed by atoms with Gasteiger partial charge in [0.15, 0.2) is 0 Å². The molecule has 5 rings (SSSR count). The number of aryl methyl sites for hydroxylation is 1. The summed E-state index contributed by atoms with van der Waals surface area (Å²) in [5.41, 5.74) is 5.99. The third kappa shape index (κ3) is 3.16. The maximum Gasteiger partial charge on any atom is 0.223 e. The van der Waals surface area contributed by atoms with Gasteiger partial charge < -0.3 is 10.6 Å². The van der Waals surface area contributed by atoms with E-state index in [1.54, 1.807) is 31.6 Å². The minimum atomic E-state index is -0.209. The number of hydrogen-bond acceptors (Lipinski definition) is 6. The highest BCUT2D eigenvalue weighted by atomic mass is 19.1. The van der Waals surface area contributed by atoms with E-state index in [0.29, 0.717) is 18.1 Å². The second-order valence-corrected chi connectivity index (χ2v) is 6.84. The molecule has 2 N–H and O–H groups in total. The number of benzene rings is 1. The van der Waals surface area contributed by atoms with Gasteiger partial charge in [-0.05, 0) is 42.3 Å². The zero-order chi connectivity index (χ0) is 19.8. The smallest absolute Gasteiger partial charge is 0.223 e. The molecule has 0 spiro atoms. The van der Waals surface area contributed by atoms with Gasteiger partial charge in [-0.2, -0.15) is 0 Å². The number of pyridine rings is 2. The Hall–Kier alpha value is -3.87. The average Bonchev–Trinajstić information content (AvgIpc) is 2.89. The van der Waals surface area contributed by atoms with Gasteiger partial charge in [0, 0.05) is 41.8 Å². The van der Waals surface area contributed by atoms with Crippen LogP contribution in [0.4, 0.5) is 21.8 Å². The summed E-state index contributed by atoms with van der Waals surface area (Å²) in [6, 6.07) is 10.8. The number of hydrogen-bond donors (Lipinski definition) is 2. The molecule has 4 aromatic rings. The second-order valence-electron chi connectivity index (χ2n) is 6.84. The summed E-state index contributed by atoms with van der Waals surface area (Å²) in [5.74, 6) is 1.01. The van der Waals surface area contributed by atoms with Crippen LogP contribution in [0.5, 0.6) is 0 Å². The van der Waals surface area contributed by atoms with Crippen molar-refractivity contribution in [2.45, 2.75) is 13.5 Å². The van der Waals surface area contributed by atoms with E-state index < -0.39 is 0 Å². The van der Waals surface area contributed by atoms with E-state index in [1.807, 2.05) is 30.5 Å². The molecule has 6 nitrogen and oxygen atoms in total. The van der Waals surface area contributed by atoms with E-state index >= 15 is 0 Å². The molecule has 142 valence electrons. The Morgan fingerprint density at radius 3 is 2.83 bits per heavy atom. The topological polar surface area (TPSA) is 75.6 Å². The molecule has 0 fully saturated rings. The highest BCUT2D eigenvalue weighted by molar-refractivity contribution is 5.95. The van der Waals surface area contributed by atoms with Crippen molar-refractivity contribution in [3.63, 3.8) is 0 Å². The molecule has 1 aliphatic rings. The first-order valence-electron chi connectivity index (χ1n) is 9.22. The van der Waals surface area contributed by atoms with Crippen LogP contribution in [0.3, 0.4) is 0 Å². The SMILES string of the molecule is Cc1cc(CNc2ncc3c(n2)-c2cccnc2Nc2cnccc2-3)ccc1F. The summed E-state index contributed by atoms with van der Waals surface area (Å²) in [7, 11) is 0. The summed E-state index contributed by atoms with van der Waals surface area (Å²) in [4.78, 5) is 17.9. The lowest BCUT2D eigenvalue weighted by molar-refractivity contribution is 0.617. The Morgan fingerprint density at radius 2 is 1.93 bits per heavy atom. The van der Waals surface area contributed by atoms with Crippen molar-refractivity contribution in [2.24, 2.45) is 0 Å². The number of rotatable bonds is 3. The molecule has 0 saturated heterocycles. The van der Waals surface area contributed by atoms with E-state index in [2.05, 4.69) is 25.6 Å². The Labute approximate surface area is 166 Å². The monoisotopic (exact) mass is 384 g/mol. The van der Waals surface area contributed by atoms with Crippen molar-refractivity contribution in [3.05, 3.63) is 78.1 Å². The lowest BCUT2D eigenvalue weighted by Crippen LogP contribution is -2.05. The first kappa shape index (κ1) is 17.2. The van der Waals surface area contributed by atoms with Crippen LogP contribution in [-0.4, -0.2) is 19.9 Å². The van der Waals surface area contributed by atoms with Crippen LogP contribution in [0.2, 0.25) is 0 Å². The van der Waals surface area contributed by atoms with Crippen LogP contribution in [0.25, 0.3) is 22.4 Å². The number of aromatic nitrogens is 4. The molecule has 3 aromatic heterocycles. The highest BCUT2D eigenvalue weighted by Crippen LogP contribution is 2.41. The Balaban J connectivity index is 1.55. The lowest BCUT2D eigenvalue weighted by Gasteiger charge is -2.11. The number of fused-ring (bicyclic) bond motifs is 5. The highest BCUT2D eigenvalue weighted by Gasteiger charge is 2.21. The van der Waals surface area contributed by atoms with Crippen LogP contribution in [0, 0.1) is 12.7 Å². The number of anilines is 3. The number of nitrogens with one attached hydrogen (secondary N) is 2. The minimum absolute atomic E-state index is 0.209. The fraction of sp³-hybridized carbons (Fsp3) is 0.0909. The van der Waals surface area contributed by atoms with Gasteiger partial charge in [0.2, 0.25) is 5.95 Å². The van der Waals surface area contributed by atoms with Crippen molar-refractivity contribution in [3.8, 4) is 22.4 Å². The summed E-state index contributed by atoms with van der Waals surface area (Å²) >= 11 is 0. The zero-order valence-electron chi connectivity index (χ0n) is 15.6. The van der Waals surface area contributed by atoms with Gasteiger partial charge in [0.05, 0.1) is 17.6 Å². The lowest BCUT2D eigenvalue weighted by atomic mass is 10.0. The van der Waals surface area contributed by atoms with E-state index in [9.17, 15) is 4.39 Å². The van der Waals surface area contributed by atoms with E-state index in [4.69, 9.17) is 4.98 Å². The molecule has 0 amide bonds. The zero-order valence-corrected chi connectivity index (χ0v) is 15.6. The van der Waals surface area contributed by atoms with Crippen molar-refractivity contribution in [1.29, 1.82) is 0 Å². The fourth-order valence-electron chi connectivity index (χ4n) is 3.42. The van der Waals surface area contributed by atoms with E-state index in [-0.39, 0.29) is 5.82 Å². The molecule has 1 aliphatic heterocycles. The molecule has 1 aromatic carbocycles. The summed E-state index contributed by atoms with van der Waals surface area (Å²) < 4.78 is 13.5. The summed E-state index contributed by atoms with van der Waals surface area (Å²) in [5, 5.41) is 6.58. The normalized spacial score (nSPS) is 11.5. The molecule has 0 unspecified atom stereocenters. The van der Waals surface area contributed by atoms with Crippen molar-refractivity contribution >= 4 is 17.5 Å². The van der Waals surface area contributed by atoms with Crippen molar-refractivity contribution < 1.29 is 4.39 Å². The van der Waals surface area contributed by atoms with Gasteiger partial charge in [-0.15, -0.1) is 0 Å². The van der Waals surface area contributed by atoms with Crippen LogP contribution in [-0.2, 0) is 6.54 Å². The van der Waals surface area contributed by atoms with Gasteiger partial charge >= 0.3 is 0 Å². The Kier molecular flexibility index (Phi) is 4.13. The molecule has 0 bridgehead atoms. The van der Waals surface area contributed by atoms with Crippen molar-refractivity contribution in [1.82, 2.24) is 19.9 Å². The molecule has 0 aliphatic carbocycles. The van der Waals surface area contributed by atoms with Gasteiger partial charge in [-0.25, -0.2) is 19.3 Å². The van der Waals surface area contributed by atoms with Gasteiger partial charge in [0.1, 0.15) is 11.6 Å². The van der Waals surface area contributed by atoms with Crippen LogP contribution in [0.15, 0.2) is 61.2 Å². The summed E-state index contributed by atoms with van der Waals surface area (Å²) in [6.07, 6.45) is 7.07. The third-order valence-electron chi connectivity index (χ3n) is 4.89. The van der Waals surface area contributed by atoms with Crippen molar-refractivity contribution in [2.75, 3.05) is 10.6 Å². The molecule has 7 heteroatoms. The Morgan fingerprint density at radius 1 is 1.00 bits per heavy atom. The first-order chi connectivity index (χ1) is 14.2. The predicted molar refractivity (Wildman–Crippen MR) is 110 cm³/mol. The molecule has 0 atom stereocenters.